The Kier molecular flexibility index (Phi) is 6.94. The largest absolute Gasteiger partial charge is 0.497 e. The number of ketones is 1. The number of carbonyl (C=O) groups excluding carboxylic acids is 1. The van der Waals surface area contributed by atoms with Gasteiger partial charge in [-0.3, -0.25) is 4.79 Å². The molecule has 1 heterocycles. The average molecular weight is 498 g/mol. The van der Waals surface area contributed by atoms with E-state index in [4.69, 9.17) is 14.2 Å². The first kappa shape index (κ1) is 24.2. The van der Waals surface area contributed by atoms with E-state index in [0.29, 0.717) is 24.3 Å². The van der Waals surface area contributed by atoms with Crippen LogP contribution < -0.4 is 19.5 Å². The molecule has 4 aromatic carbocycles. The number of nitrogens with one attached hydrogen (secondary N) is 1. The molecule has 1 unspecified atom stereocenters. The molecule has 0 bridgehead atoms. The minimum absolute atomic E-state index is 0.118. The van der Waals surface area contributed by atoms with Gasteiger partial charge in [-0.15, -0.1) is 0 Å². The number of hydrogen-bond acceptors (Lipinski definition) is 6. The van der Waals surface area contributed by atoms with Gasteiger partial charge in [0.1, 0.15) is 11.5 Å². The summed E-state index contributed by atoms with van der Waals surface area (Å²) in [5.41, 5.74) is 2.92. The molecule has 1 aliphatic rings. The second-order valence-corrected chi connectivity index (χ2v) is 8.98. The lowest BCUT2D eigenvalue weighted by atomic mass is 9.96. The Balaban J connectivity index is 1.30. The van der Waals surface area contributed by atoms with Crippen LogP contribution >= 0.6 is 0 Å². The maximum absolute atomic E-state index is 13.1. The van der Waals surface area contributed by atoms with Gasteiger partial charge in [0.15, 0.2) is 11.5 Å². The number of anilines is 1. The van der Waals surface area contributed by atoms with Crippen molar-refractivity contribution in [2.75, 3.05) is 19.2 Å². The molecule has 0 radical (unpaired) electrons. The molecule has 2 N–H and O–H groups in total. The van der Waals surface area contributed by atoms with Gasteiger partial charge >= 0.3 is 5.97 Å². The number of benzene rings is 4. The van der Waals surface area contributed by atoms with Gasteiger partial charge in [0.05, 0.1) is 18.7 Å². The molecule has 0 aliphatic carbocycles. The molecule has 0 aromatic heterocycles. The molecule has 0 saturated carbocycles. The van der Waals surface area contributed by atoms with Gasteiger partial charge < -0.3 is 24.6 Å². The zero-order valence-corrected chi connectivity index (χ0v) is 20.4. The number of carboxylic acid groups (broad SMARTS) is 1. The first-order chi connectivity index (χ1) is 18.0. The number of hydrogen-bond donors (Lipinski definition) is 2. The van der Waals surface area contributed by atoms with Gasteiger partial charge in [0, 0.05) is 18.5 Å². The van der Waals surface area contributed by atoms with Crippen LogP contribution in [0.2, 0.25) is 0 Å². The number of rotatable bonds is 10. The Labute approximate surface area is 214 Å². The third-order valence-electron chi connectivity index (χ3n) is 6.51. The number of ether oxygens (including phenoxy) is 3. The summed E-state index contributed by atoms with van der Waals surface area (Å²) in [5, 5.41) is 14.8. The Morgan fingerprint density at radius 1 is 0.919 bits per heavy atom. The topological polar surface area (TPSA) is 94.1 Å². The summed E-state index contributed by atoms with van der Waals surface area (Å²) in [7, 11) is 1.65. The lowest BCUT2D eigenvalue weighted by Gasteiger charge is -2.20. The quantitative estimate of drug-likeness (QED) is 0.277. The molecule has 7 heteroatoms. The number of methoxy groups -OCH3 is 1. The van der Waals surface area contributed by atoms with Crippen molar-refractivity contribution in [3.05, 3.63) is 95.6 Å². The van der Waals surface area contributed by atoms with E-state index in [9.17, 15) is 14.7 Å². The smallest absolute Gasteiger partial charge is 0.335 e. The van der Waals surface area contributed by atoms with Crippen LogP contribution in [0.5, 0.6) is 17.2 Å². The van der Waals surface area contributed by atoms with Crippen molar-refractivity contribution in [2.45, 2.75) is 25.3 Å². The number of Topliss-reactive ketones (excluding diaryl/α,β-unsaturated/α-hetero) is 1. The van der Waals surface area contributed by atoms with E-state index in [1.54, 1.807) is 31.4 Å². The van der Waals surface area contributed by atoms with Gasteiger partial charge in [0.2, 0.25) is 6.79 Å². The summed E-state index contributed by atoms with van der Waals surface area (Å²) in [6.07, 6.45) is 1.31. The molecule has 0 saturated heterocycles. The van der Waals surface area contributed by atoms with Crippen LogP contribution in [0.4, 0.5) is 5.69 Å². The van der Waals surface area contributed by atoms with Crippen LogP contribution in [0.15, 0.2) is 78.9 Å². The van der Waals surface area contributed by atoms with Gasteiger partial charge in [-0.1, -0.05) is 30.3 Å². The van der Waals surface area contributed by atoms with Gasteiger partial charge in [-0.25, -0.2) is 4.79 Å². The molecule has 4 aromatic rings. The van der Waals surface area contributed by atoms with E-state index in [1.165, 1.54) is 0 Å². The fourth-order valence-corrected chi connectivity index (χ4v) is 4.46. The van der Waals surface area contributed by atoms with Crippen LogP contribution in [-0.2, 0) is 11.2 Å². The van der Waals surface area contributed by atoms with E-state index < -0.39 is 5.97 Å². The second-order valence-electron chi connectivity index (χ2n) is 8.98. The highest BCUT2D eigenvalue weighted by atomic mass is 16.7. The lowest BCUT2D eigenvalue weighted by Crippen LogP contribution is -2.16. The fraction of sp³-hybridized carbons (Fsp3) is 0.200. The Bertz CT molecular complexity index is 1450. The third kappa shape index (κ3) is 5.67. The zero-order valence-electron chi connectivity index (χ0n) is 20.4. The summed E-state index contributed by atoms with van der Waals surface area (Å²) in [5.74, 6) is 1.27. The molecule has 188 valence electrons. The number of carbonyl (C=O) groups is 2. The maximum Gasteiger partial charge on any atom is 0.335 e. The van der Waals surface area contributed by atoms with Crippen molar-refractivity contribution in [1.29, 1.82) is 0 Å². The highest BCUT2D eigenvalue weighted by Crippen LogP contribution is 2.36. The summed E-state index contributed by atoms with van der Waals surface area (Å²) in [6, 6.07) is 24.0. The van der Waals surface area contributed by atoms with Crippen LogP contribution in [0, 0.1) is 0 Å². The third-order valence-corrected chi connectivity index (χ3v) is 6.51. The maximum atomic E-state index is 13.1. The normalized spacial score (nSPS) is 12.8. The Morgan fingerprint density at radius 2 is 1.68 bits per heavy atom. The molecule has 0 amide bonds. The fourth-order valence-electron chi connectivity index (χ4n) is 4.46. The van der Waals surface area contributed by atoms with E-state index in [1.807, 2.05) is 42.5 Å². The van der Waals surface area contributed by atoms with E-state index in [0.717, 1.165) is 33.3 Å². The van der Waals surface area contributed by atoms with Gasteiger partial charge in [0.25, 0.3) is 0 Å². The van der Waals surface area contributed by atoms with Crippen molar-refractivity contribution in [1.82, 2.24) is 0 Å². The Hall–Kier alpha value is -4.52. The first-order valence-corrected chi connectivity index (χ1v) is 12.1. The van der Waals surface area contributed by atoms with Crippen molar-refractivity contribution in [3.63, 3.8) is 0 Å². The molecule has 5 rings (SSSR count). The molecule has 0 spiro atoms. The van der Waals surface area contributed by atoms with Crippen LogP contribution in [0.25, 0.3) is 10.8 Å². The highest BCUT2D eigenvalue weighted by Gasteiger charge is 2.21. The minimum Gasteiger partial charge on any atom is -0.497 e. The molecule has 7 nitrogen and oxygen atoms in total. The first-order valence-electron chi connectivity index (χ1n) is 12.1. The number of aromatic carboxylic acids is 1. The van der Waals surface area contributed by atoms with Crippen molar-refractivity contribution < 1.29 is 28.9 Å². The van der Waals surface area contributed by atoms with Crippen LogP contribution in [0.3, 0.4) is 0 Å². The molecule has 1 aliphatic heterocycles. The van der Waals surface area contributed by atoms with E-state index >= 15 is 0 Å². The van der Waals surface area contributed by atoms with E-state index in [2.05, 4.69) is 17.4 Å². The standard InChI is InChI=1S/C30H27NO6/c1-35-26-12-7-21-14-19(2-4-22(21)15-26)3-11-25(32)17-27(23-8-13-28-29(16-23)37-18-36-28)31-24-9-5-20(6-10-24)30(33)34/h2,4-10,12-16,27,31H,3,11,17-18H2,1H3,(H,33,34). The second kappa shape index (κ2) is 10.6. The van der Waals surface area contributed by atoms with E-state index in [-0.39, 0.29) is 30.6 Å². The van der Waals surface area contributed by atoms with Crippen LogP contribution in [0.1, 0.15) is 40.4 Å². The highest BCUT2D eigenvalue weighted by molar-refractivity contribution is 5.88. The minimum atomic E-state index is -0.984. The number of carboxylic acids is 1. The summed E-state index contributed by atoms with van der Waals surface area (Å²) in [6.45, 7) is 0.172. The van der Waals surface area contributed by atoms with Crippen molar-refractivity contribution in [2.24, 2.45) is 0 Å². The molecular formula is C30H27NO6. The van der Waals surface area contributed by atoms with Crippen LogP contribution in [-0.4, -0.2) is 30.8 Å². The monoisotopic (exact) mass is 497 g/mol. The summed E-state index contributed by atoms with van der Waals surface area (Å²) < 4.78 is 16.3. The zero-order chi connectivity index (χ0) is 25.8. The average Bonchev–Trinajstić information content (AvgIpc) is 3.39. The lowest BCUT2D eigenvalue weighted by molar-refractivity contribution is -0.119. The summed E-state index contributed by atoms with van der Waals surface area (Å²) >= 11 is 0. The number of fused-ring (bicyclic) bond motifs is 2. The Morgan fingerprint density at radius 3 is 2.46 bits per heavy atom. The summed E-state index contributed by atoms with van der Waals surface area (Å²) in [4.78, 5) is 24.3. The molecule has 37 heavy (non-hydrogen) atoms. The molecule has 0 fully saturated rings. The predicted molar refractivity (Wildman–Crippen MR) is 141 cm³/mol. The molecular weight excluding hydrogens is 470 g/mol. The van der Waals surface area contributed by atoms with Crippen molar-refractivity contribution >= 4 is 28.2 Å². The van der Waals surface area contributed by atoms with Gasteiger partial charge in [-0.05, 0) is 76.9 Å². The predicted octanol–water partition coefficient (Wildman–Crippen LogP) is 6.02. The molecule has 1 atom stereocenters. The van der Waals surface area contributed by atoms with Crippen molar-refractivity contribution in [3.8, 4) is 17.2 Å². The van der Waals surface area contributed by atoms with Gasteiger partial charge in [-0.2, -0.15) is 0 Å². The SMILES string of the molecule is COc1ccc2cc(CCC(=O)CC(Nc3ccc(C(=O)O)cc3)c3ccc4c(c3)OCO4)ccc2c1. The number of aryl methyl sites for hydroxylation is 1.